The Morgan fingerprint density at radius 3 is 2.43 bits per heavy atom. The van der Waals surface area contributed by atoms with E-state index < -0.39 is 30.1 Å². The number of carbonyl (C=O) groups is 2. The molecular formula is C23H28O7. The molecule has 0 aromatic heterocycles. The van der Waals surface area contributed by atoms with E-state index >= 15 is 0 Å². The molecule has 2 aliphatic heterocycles. The largest absolute Gasteiger partial charge is 0.497 e. The summed E-state index contributed by atoms with van der Waals surface area (Å²) in [5, 5.41) is 0. The molecule has 2 aliphatic rings. The third-order valence-corrected chi connectivity index (χ3v) is 4.95. The summed E-state index contributed by atoms with van der Waals surface area (Å²) in [6.07, 6.45) is 6.06. The van der Waals surface area contributed by atoms with Crippen LogP contribution in [0.2, 0.25) is 0 Å². The second-order valence-corrected chi connectivity index (χ2v) is 7.78. The van der Waals surface area contributed by atoms with E-state index in [1.54, 1.807) is 52.2 Å². The van der Waals surface area contributed by atoms with Crippen LogP contribution in [0, 0.1) is 0 Å². The van der Waals surface area contributed by atoms with Crippen molar-refractivity contribution in [2.75, 3.05) is 14.2 Å². The van der Waals surface area contributed by atoms with Crippen LogP contribution in [0.1, 0.15) is 49.5 Å². The number of esters is 1. The van der Waals surface area contributed by atoms with E-state index in [1.807, 2.05) is 6.08 Å². The summed E-state index contributed by atoms with van der Waals surface area (Å²) in [7, 11) is 3.04. The van der Waals surface area contributed by atoms with E-state index in [9.17, 15) is 9.59 Å². The molecule has 2 heterocycles. The van der Waals surface area contributed by atoms with Crippen molar-refractivity contribution in [1.29, 1.82) is 0 Å². The second-order valence-electron chi connectivity index (χ2n) is 7.78. The molecule has 3 rings (SSSR count). The Balaban J connectivity index is 2.03. The van der Waals surface area contributed by atoms with Crippen molar-refractivity contribution < 1.29 is 33.3 Å². The zero-order valence-corrected chi connectivity index (χ0v) is 18.0. The number of cyclic esters (lactones) is 1. The van der Waals surface area contributed by atoms with Gasteiger partial charge >= 0.3 is 5.97 Å². The molecular weight excluding hydrogens is 388 g/mol. The number of hydrogen-bond donors (Lipinski definition) is 0. The van der Waals surface area contributed by atoms with Crippen LogP contribution in [0.4, 0.5) is 0 Å². The summed E-state index contributed by atoms with van der Waals surface area (Å²) >= 11 is 0. The van der Waals surface area contributed by atoms with E-state index in [0.29, 0.717) is 35.5 Å². The molecule has 0 saturated carbocycles. The summed E-state index contributed by atoms with van der Waals surface area (Å²) < 4.78 is 28.1. The molecule has 1 aromatic rings. The lowest BCUT2D eigenvalue weighted by Crippen LogP contribution is -2.30. The fourth-order valence-electron chi connectivity index (χ4n) is 3.58. The second kappa shape index (κ2) is 9.02. The van der Waals surface area contributed by atoms with E-state index in [2.05, 4.69) is 0 Å². The molecule has 30 heavy (non-hydrogen) atoms. The molecule has 7 heteroatoms. The van der Waals surface area contributed by atoms with Crippen LogP contribution in [0.5, 0.6) is 11.5 Å². The molecule has 0 radical (unpaired) electrons. The fraction of sp³-hybridized carbons (Fsp3) is 0.478. The van der Waals surface area contributed by atoms with Crippen molar-refractivity contribution in [2.45, 2.75) is 57.7 Å². The maximum Gasteiger partial charge on any atom is 0.342 e. The Bertz CT molecular complexity index is 869. The molecule has 1 aromatic carbocycles. The maximum atomic E-state index is 12.9. The zero-order valence-electron chi connectivity index (χ0n) is 18.0. The van der Waals surface area contributed by atoms with Gasteiger partial charge in [0.15, 0.2) is 11.6 Å². The Hall–Kier alpha value is -2.64. The van der Waals surface area contributed by atoms with Crippen LogP contribution >= 0.6 is 0 Å². The van der Waals surface area contributed by atoms with E-state index in [0.717, 1.165) is 0 Å². The van der Waals surface area contributed by atoms with E-state index in [1.165, 1.54) is 13.2 Å². The van der Waals surface area contributed by atoms with Gasteiger partial charge in [0.2, 0.25) is 0 Å². The summed E-state index contributed by atoms with van der Waals surface area (Å²) in [5.74, 6) is -0.605. The number of benzene rings is 1. The van der Waals surface area contributed by atoms with Crippen molar-refractivity contribution in [3.05, 3.63) is 41.5 Å². The molecule has 0 spiro atoms. The number of ether oxygens (including phenoxy) is 5. The summed E-state index contributed by atoms with van der Waals surface area (Å²) in [5.41, 5.74) is 0.913. The topological polar surface area (TPSA) is 80.3 Å². The van der Waals surface area contributed by atoms with Crippen molar-refractivity contribution in [3.8, 4) is 11.5 Å². The summed E-state index contributed by atoms with van der Waals surface area (Å²) in [4.78, 5) is 25.5. The number of methoxy groups -OCH3 is 2. The standard InChI is InChI=1S/C23H28O7/c1-14-8-6-10-17(24)21-18(29-23(2,3)30-21)11-7-9-15-12-16(26-4)13-19(27-5)20(15)22(25)28-14/h6-7,9-10,12-14,18,21H,8,11H2,1-5H3/b9-7+,10-6-/t14-,18-,21+/m0/s1. The summed E-state index contributed by atoms with van der Waals surface area (Å²) in [6, 6.07) is 3.39. The molecule has 0 bridgehead atoms. The minimum absolute atomic E-state index is 0.168. The number of rotatable bonds is 2. The molecule has 1 fully saturated rings. The predicted octanol–water partition coefficient (Wildman–Crippen LogP) is 3.70. The van der Waals surface area contributed by atoms with Gasteiger partial charge < -0.3 is 23.7 Å². The van der Waals surface area contributed by atoms with Gasteiger partial charge in [0.25, 0.3) is 0 Å². The minimum atomic E-state index is -0.850. The Morgan fingerprint density at radius 2 is 1.73 bits per heavy atom. The lowest BCUT2D eigenvalue weighted by atomic mass is 10.0. The van der Waals surface area contributed by atoms with Gasteiger partial charge in [0, 0.05) is 12.5 Å². The van der Waals surface area contributed by atoms with E-state index in [4.69, 9.17) is 23.7 Å². The normalized spacial score (nSPS) is 28.5. The molecule has 0 aliphatic carbocycles. The van der Waals surface area contributed by atoms with Gasteiger partial charge in [-0.1, -0.05) is 18.2 Å². The van der Waals surface area contributed by atoms with E-state index in [-0.39, 0.29) is 5.78 Å². The van der Waals surface area contributed by atoms with Gasteiger partial charge in [-0.3, -0.25) is 4.79 Å². The predicted molar refractivity (Wildman–Crippen MR) is 111 cm³/mol. The maximum absolute atomic E-state index is 12.9. The molecule has 0 unspecified atom stereocenters. The highest BCUT2D eigenvalue weighted by Crippen LogP contribution is 2.33. The third-order valence-electron chi connectivity index (χ3n) is 4.95. The molecule has 1 saturated heterocycles. The summed E-state index contributed by atoms with van der Waals surface area (Å²) in [6.45, 7) is 5.34. The molecule has 7 nitrogen and oxygen atoms in total. The van der Waals surface area contributed by atoms with Gasteiger partial charge in [-0.25, -0.2) is 4.79 Å². The number of hydrogen-bond acceptors (Lipinski definition) is 7. The first-order chi connectivity index (χ1) is 14.2. The minimum Gasteiger partial charge on any atom is -0.497 e. The van der Waals surface area contributed by atoms with Gasteiger partial charge in [-0.2, -0.15) is 0 Å². The van der Waals surface area contributed by atoms with Crippen LogP contribution in [0.25, 0.3) is 6.08 Å². The Labute approximate surface area is 176 Å². The first-order valence-electron chi connectivity index (χ1n) is 9.93. The first kappa shape index (κ1) is 22.1. The fourth-order valence-corrected chi connectivity index (χ4v) is 3.58. The van der Waals surface area contributed by atoms with Gasteiger partial charge in [-0.15, -0.1) is 0 Å². The lowest BCUT2D eigenvalue weighted by Gasteiger charge is -2.17. The Kier molecular flexibility index (Phi) is 6.63. The van der Waals surface area contributed by atoms with Gasteiger partial charge in [0.1, 0.15) is 29.3 Å². The van der Waals surface area contributed by atoms with Crippen molar-refractivity contribution in [3.63, 3.8) is 0 Å². The Morgan fingerprint density at radius 1 is 1.00 bits per heavy atom. The highest BCUT2D eigenvalue weighted by Gasteiger charge is 2.43. The number of ketones is 1. The number of carbonyl (C=O) groups excluding carboxylic acids is 2. The quantitative estimate of drug-likeness (QED) is 0.680. The van der Waals surface area contributed by atoms with Crippen LogP contribution in [0.15, 0.2) is 30.4 Å². The average Bonchev–Trinajstić information content (AvgIpc) is 3.00. The zero-order chi connectivity index (χ0) is 21.9. The van der Waals surface area contributed by atoms with Gasteiger partial charge in [0.05, 0.1) is 20.3 Å². The van der Waals surface area contributed by atoms with Crippen molar-refractivity contribution in [2.24, 2.45) is 0 Å². The average molecular weight is 416 g/mol. The van der Waals surface area contributed by atoms with Crippen LogP contribution in [-0.2, 0) is 19.0 Å². The first-order valence-corrected chi connectivity index (χ1v) is 9.93. The third kappa shape index (κ3) is 4.91. The molecule has 0 N–H and O–H groups in total. The molecule has 3 atom stereocenters. The number of fused-ring (bicyclic) bond motifs is 2. The van der Waals surface area contributed by atoms with Crippen LogP contribution in [-0.4, -0.2) is 50.1 Å². The van der Waals surface area contributed by atoms with Crippen molar-refractivity contribution in [1.82, 2.24) is 0 Å². The van der Waals surface area contributed by atoms with Crippen molar-refractivity contribution >= 4 is 17.8 Å². The highest BCUT2D eigenvalue weighted by molar-refractivity contribution is 5.97. The lowest BCUT2D eigenvalue weighted by molar-refractivity contribution is -0.152. The smallest absolute Gasteiger partial charge is 0.342 e. The SMILES string of the molecule is COc1cc2c(c(OC)c1)C(=O)O[C@@H](C)C/C=C\C(=O)[C@H]1OC(C)(C)O[C@H]1C/C=C/2. The monoisotopic (exact) mass is 416 g/mol. The van der Waals surface area contributed by atoms with Crippen LogP contribution in [0.3, 0.4) is 0 Å². The molecule has 162 valence electrons. The highest BCUT2D eigenvalue weighted by atomic mass is 16.8. The van der Waals surface area contributed by atoms with Crippen LogP contribution < -0.4 is 9.47 Å². The molecule has 0 amide bonds. The van der Waals surface area contributed by atoms with Gasteiger partial charge in [-0.05, 0) is 44.9 Å².